The van der Waals surface area contributed by atoms with Gasteiger partial charge in [-0.1, -0.05) is 23.6 Å². The number of halogens is 4. The van der Waals surface area contributed by atoms with Crippen LogP contribution in [0.2, 0.25) is 0 Å². The molecule has 0 heterocycles. The van der Waals surface area contributed by atoms with Gasteiger partial charge in [-0.25, -0.2) is 8.42 Å². The largest absolute Gasteiger partial charge is 1.00 e. The van der Waals surface area contributed by atoms with Crippen molar-refractivity contribution in [1.29, 1.82) is 0 Å². The maximum atomic E-state index is 10.7. The van der Waals surface area contributed by atoms with Gasteiger partial charge in [-0.3, -0.25) is 0 Å². The van der Waals surface area contributed by atoms with Crippen molar-refractivity contribution in [3.8, 4) is 0 Å². The fraction of sp³-hybridized carbons (Fsp3) is 0.143. The van der Waals surface area contributed by atoms with Gasteiger partial charge >= 0.3 is 5.51 Å². The van der Waals surface area contributed by atoms with E-state index in [1.54, 1.807) is 0 Å². The summed E-state index contributed by atoms with van der Waals surface area (Å²) in [6, 6.07) is 0. The van der Waals surface area contributed by atoms with Crippen LogP contribution in [0.15, 0.2) is 35.8 Å². The number of alkyl halides is 3. The van der Waals surface area contributed by atoms with E-state index in [1.807, 2.05) is 24.3 Å². The number of hydrogen-bond acceptors (Lipinski definition) is 3. The Balaban J connectivity index is -0.0000000860. The maximum Gasteiger partial charge on any atom is 0.485 e. The van der Waals surface area contributed by atoms with Crippen LogP contribution >= 0.6 is 0 Å². The molecule has 0 spiro atoms. The van der Waals surface area contributed by atoms with Crippen molar-refractivity contribution in [3.63, 3.8) is 0 Å². The molecule has 0 bridgehead atoms. The Morgan fingerprint density at radius 2 is 1.24 bits per heavy atom. The molecule has 0 unspecified atom stereocenters. The smallest absolute Gasteiger partial charge is 0.485 e. The molecule has 0 saturated carbocycles. The predicted octanol–water partition coefficient (Wildman–Crippen LogP) is -1.53. The predicted molar refractivity (Wildman–Crippen MR) is 41.1 cm³/mol. The second-order valence-corrected chi connectivity index (χ2v) is 3.28. The molecule has 0 amide bonds. The van der Waals surface area contributed by atoms with Crippen molar-refractivity contribution < 1.29 is 89.1 Å². The minimum Gasteiger partial charge on any atom is -1.00 e. The first-order valence-electron chi connectivity index (χ1n) is 3.10. The van der Waals surface area contributed by atoms with E-state index in [2.05, 4.69) is 11.5 Å². The van der Waals surface area contributed by atoms with E-state index < -0.39 is 15.6 Å². The van der Waals surface area contributed by atoms with Crippen LogP contribution in [-0.4, -0.2) is 18.5 Å². The molecule has 90 valence electrons. The fourth-order valence-corrected chi connectivity index (χ4v) is 0.304. The van der Waals surface area contributed by atoms with Crippen molar-refractivity contribution in [3.05, 3.63) is 35.8 Å². The minimum atomic E-state index is -6.09. The molecule has 17 heavy (non-hydrogen) atoms. The van der Waals surface area contributed by atoms with Crippen LogP contribution in [0.25, 0.3) is 0 Å². The van der Waals surface area contributed by atoms with Crippen LogP contribution in [0.4, 0.5) is 13.2 Å². The Morgan fingerprint density at radius 3 is 1.29 bits per heavy atom. The first kappa shape index (κ1) is 26.3. The SMILES string of the molecule is C1=C=CC=CC=1.O=S(=O)([O-])C(F)(F)F.[I-].[Zn].[Zn]. The third kappa shape index (κ3) is 14.7. The molecular weight excluding hydrogens is 479 g/mol. The van der Waals surface area contributed by atoms with Crippen molar-refractivity contribution >= 4 is 10.1 Å². The molecule has 0 aromatic heterocycles. The van der Waals surface area contributed by atoms with E-state index >= 15 is 0 Å². The first-order valence-corrected chi connectivity index (χ1v) is 4.51. The van der Waals surface area contributed by atoms with Gasteiger partial charge in [0.15, 0.2) is 10.1 Å². The van der Waals surface area contributed by atoms with Crippen molar-refractivity contribution in [2.24, 2.45) is 0 Å². The summed E-state index contributed by atoms with van der Waals surface area (Å²) in [5.41, 5.74) is -0.111. The zero-order valence-electron chi connectivity index (χ0n) is 8.37. The van der Waals surface area contributed by atoms with Gasteiger partial charge in [0, 0.05) is 39.0 Å². The Morgan fingerprint density at radius 1 is 1.00 bits per heavy atom. The molecule has 1 aliphatic rings. The molecule has 0 aromatic rings. The average Bonchev–Trinajstić information content (AvgIpc) is 2.05. The average molecular weight is 483 g/mol. The molecule has 0 aliphatic heterocycles. The van der Waals surface area contributed by atoms with Crippen LogP contribution < -0.4 is 24.0 Å². The third-order valence-electron chi connectivity index (χ3n) is 0.837. The monoisotopic (exact) mass is 480 g/mol. The number of rotatable bonds is 0. The van der Waals surface area contributed by atoms with Gasteiger partial charge in [0.25, 0.3) is 0 Å². The summed E-state index contributed by atoms with van der Waals surface area (Å²) in [7, 11) is -6.09. The van der Waals surface area contributed by atoms with E-state index in [0.29, 0.717) is 0 Å². The summed E-state index contributed by atoms with van der Waals surface area (Å²) in [5, 5.41) is 0. The van der Waals surface area contributed by atoms with Crippen molar-refractivity contribution in [2.75, 3.05) is 0 Å². The second-order valence-electron chi connectivity index (χ2n) is 1.91. The zero-order chi connectivity index (χ0) is 11.2. The summed E-state index contributed by atoms with van der Waals surface area (Å²) in [5.74, 6) is 0. The summed E-state index contributed by atoms with van der Waals surface area (Å²) in [4.78, 5) is 0. The van der Waals surface area contributed by atoms with Gasteiger partial charge in [-0.2, -0.15) is 13.2 Å². The Kier molecular flexibility index (Phi) is 18.2. The first-order chi connectivity index (χ1) is 6.25. The van der Waals surface area contributed by atoms with E-state index in [4.69, 9.17) is 13.0 Å². The van der Waals surface area contributed by atoms with Crippen LogP contribution in [-0.2, 0) is 49.1 Å². The van der Waals surface area contributed by atoms with Gasteiger partial charge in [0.1, 0.15) is 0 Å². The molecule has 1 rings (SSSR count). The molecular formula is C7H4F3IO3SZn2-2. The summed E-state index contributed by atoms with van der Waals surface area (Å²) < 4.78 is 58.9. The Labute approximate surface area is 139 Å². The second kappa shape index (κ2) is 11.8. The minimum absolute atomic E-state index is 0. The zero-order valence-corrected chi connectivity index (χ0v) is 17.3. The molecule has 0 radical (unpaired) electrons. The van der Waals surface area contributed by atoms with Gasteiger partial charge < -0.3 is 28.5 Å². The molecule has 1 aliphatic carbocycles. The summed E-state index contributed by atoms with van der Waals surface area (Å²) in [6.45, 7) is 0. The van der Waals surface area contributed by atoms with E-state index in [1.165, 1.54) is 0 Å². The Hall–Kier alpha value is 0.717. The van der Waals surface area contributed by atoms with Crippen LogP contribution in [0, 0.1) is 0 Å². The van der Waals surface area contributed by atoms with E-state index in [0.717, 1.165) is 0 Å². The van der Waals surface area contributed by atoms with Gasteiger partial charge in [-0.05, 0) is 12.2 Å². The standard InChI is InChI=1S/C6H4.CHF3O3S.HI.2Zn/c1-2-4-6-5-3-1;2-1(3,4)8(5,6)7;;;/h1-4H;(H,5,6,7);1H;;/p-2. The van der Waals surface area contributed by atoms with Crippen molar-refractivity contribution in [1.82, 2.24) is 0 Å². The summed E-state index contributed by atoms with van der Waals surface area (Å²) >= 11 is 0. The summed E-state index contributed by atoms with van der Waals surface area (Å²) in [6.07, 6.45) is 7.47. The molecule has 10 heteroatoms. The molecule has 0 atom stereocenters. The molecule has 0 fully saturated rings. The van der Waals surface area contributed by atoms with Crippen LogP contribution in [0.1, 0.15) is 0 Å². The molecule has 0 saturated heterocycles. The fourth-order valence-electron chi connectivity index (χ4n) is 0.304. The molecule has 0 aromatic carbocycles. The molecule has 0 N–H and O–H groups in total. The number of allylic oxidation sites excluding steroid dienone is 4. The molecule has 3 nitrogen and oxygen atoms in total. The van der Waals surface area contributed by atoms with E-state index in [9.17, 15) is 13.2 Å². The maximum absolute atomic E-state index is 10.7. The van der Waals surface area contributed by atoms with E-state index in [-0.39, 0.29) is 62.9 Å². The normalized spacial score (nSPS) is 11.3. The topological polar surface area (TPSA) is 57.2 Å². The van der Waals surface area contributed by atoms with Gasteiger partial charge in [0.05, 0.1) is 0 Å². The Bertz CT molecular complexity index is 400. The number of hydrogen-bond donors (Lipinski definition) is 0. The van der Waals surface area contributed by atoms with Crippen molar-refractivity contribution in [2.45, 2.75) is 5.51 Å². The quantitative estimate of drug-likeness (QED) is 0.138. The van der Waals surface area contributed by atoms with Gasteiger partial charge in [0.2, 0.25) is 0 Å². The van der Waals surface area contributed by atoms with Crippen LogP contribution in [0.3, 0.4) is 0 Å². The third-order valence-corrected chi connectivity index (χ3v) is 1.40. The van der Waals surface area contributed by atoms with Gasteiger partial charge in [-0.15, -0.1) is 0 Å². The van der Waals surface area contributed by atoms with Crippen LogP contribution in [0.5, 0.6) is 0 Å².